The van der Waals surface area contributed by atoms with Gasteiger partial charge in [0.25, 0.3) is 0 Å². The van der Waals surface area contributed by atoms with Gasteiger partial charge in [-0.25, -0.2) is 0 Å². The molecule has 0 spiro atoms. The summed E-state index contributed by atoms with van der Waals surface area (Å²) in [6, 6.07) is 31.1. The standard InChI is InChI=1S/C10H14.2C9H11.CH4.2Y/c1-8(2)10-6-4-9(3)5-7-10;2*1-8(2)9-6-4-3-5-7-9;;;/h4-8H,1-3H3;3-4,6-8H,1-2H3;3-6,8H,1-2H3;1H4;;/q;2*-1;;;. The Bertz CT molecular complexity index is 702. The molecular formula is C29H40Y2-2. The maximum absolute atomic E-state index is 3.17. The molecule has 0 aromatic heterocycles. The first-order valence-electron chi connectivity index (χ1n) is 10.3. The maximum atomic E-state index is 3.17. The van der Waals surface area contributed by atoms with Gasteiger partial charge in [0.2, 0.25) is 0 Å². The molecule has 0 nitrogen and oxygen atoms in total. The van der Waals surface area contributed by atoms with E-state index in [2.05, 4.69) is 97.0 Å². The van der Waals surface area contributed by atoms with Gasteiger partial charge in [-0.2, -0.15) is 71.8 Å². The molecule has 164 valence electrons. The maximum Gasteiger partial charge on any atom is 0 e. The van der Waals surface area contributed by atoms with Crippen LogP contribution in [0.5, 0.6) is 0 Å². The van der Waals surface area contributed by atoms with E-state index in [1.807, 2.05) is 36.4 Å². The van der Waals surface area contributed by atoms with E-state index < -0.39 is 0 Å². The topological polar surface area (TPSA) is 0 Å². The van der Waals surface area contributed by atoms with E-state index >= 15 is 0 Å². The number of benzene rings is 3. The Labute approximate surface area is 243 Å². The van der Waals surface area contributed by atoms with Crippen LogP contribution >= 0.6 is 0 Å². The smallest absolute Gasteiger partial charge is 0 e. The fourth-order valence-corrected chi connectivity index (χ4v) is 2.48. The SMILES string of the molecule is C.CC(C)c1[c-]cccc1.CC(C)c1c[c-]ccc1.Cc1ccc(C(C)C)cc1.[Y].[Y]. The van der Waals surface area contributed by atoms with Crippen LogP contribution in [0.3, 0.4) is 0 Å². The van der Waals surface area contributed by atoms with Crippen molar-refractivity contribution in [1.29, 1.82) is 0 Å². The zero-order valence-electron chi connectivity index (χ0n) is 19.8. The summed E-state index contributed by atoms with van der Waals surface area (Å²) in [4.78, 5) is 0. The van der Waals surface area contributed by atoms with Crippen molar-refractivity contribution in [3.05, 3.63) is 107 Å². The molecule has 0 N–H and O–H groups in total. The zero-order valence-corrected chi connectivity index (χ0v) is 25.5. The zero-order chi connectivity index (χ0) is 20.9. The summed E-state index contributed by atoms with van der Waals surface area (Å²) in [5.74, 6) is 1.88. The second-order valence-corrected chi connectivity index (χ2v) is 8.03. The van der Waals surface area contributed by atoms with Gasteiger partial charge in [0.05, 0.1) is 0 Å². The molecule has 0 saturated heterocycles. The summed E-state index contributed by atoms with van der Waals surface area (Å²) in [7, 11) is 0. The Balaban J connectivity index is -0.000000362. The minimum Gasteiger partial charge on any atom is -0.184 e. The second kappa shape index (κ2) is 20.5. The van der Waals surface area contributed by atoms with Crippen LogP contribution < -0.4 is 0 Å². The average molecular weight is 566 g/mol. The first-order chi connectivity index (χ1) is 13.3. The number of rotatable bonds is 3. The molecule has 0 bridgehead atoms. The summed E-state index contributed by atoms with van der Waals surface area (Å²) < 4.78 is 0. The molecule has 31 heavy (non-hydrogen) atoms. The Morgan fingerprint density at radius 2 is 1.19 bits per heavy atom. The summed E-state index contributed by atoms with van der Waals surface area (Å²) in [6.45, 7) is 15.3. The minimum absolute atomic E-state index is 0. The number of aryl methyl sites for hydroxylation is 1. The van der Waals surface area contributed by atoms with Crippen LogP contribution in [-0.4, -0.2) is 0 Å². The largest absolute Gasteiger partial charge is 0.184 e. The molecule has 0 aliphatic heterocycles. The van der Waals surface area contributed by atoms with Gasteiger partial charge in [0, 0.05) is 65.4 Å². The van der Waals surface area contributed by atoms with Crippen LogP contribution in [0.4, 0.5) is 0 Å². The predicted molar refractivity (Wildman–Crippen MR) is 131 cm³/mol. The van der Waals surface area contributed by atoms with Gasteiger partial charge < -0.3 is 0 Å². The van der Waals surface area contributed by atoms with Crippen molar-refractivity contribution in [3.8, 4) is 0 Å². The van der Waals surface area contributed by atoms with E-state index in [4.69, 9.17) is 0 Å². The molecule has 3 aromatic rings. The van der Waals surface area contributed by atoms with Crippen molar-refractivity contribution in [2.24, 2.45) is 0 Å². The van der Waals surface area contributed by atoms with Crippen molar-refractivity contribution >= 4 is 0 Å². The van der Waals surface area contributed by atoms with Crippen molar-refractivity contribution < 1.29 is 65.4 Å². The molecule has 0 atom stereocenters. The van der Waals surface area contributed by atoms with Crippen LogP contribution in [0, 0.1) is 19.1 Å². The molecule has 0 aliphatic carbocycles. The van der Waals surface area contributed by atoms with Crippen LogP contribution in [0.2, 0.25) is 0 Å². The first kappa shape index (κ1) is 35.5. The molecule has 2 radical (unpaired) electrons. The third-order valence-corrected chi connectivity index (χ3v) is 4.50. The minimum atomic E-state index is 0. The normalized spacial score (nSPS) is 9.23. The van der Waals surface area contributed by atoms with Gasteiger partial charge in [-0.1, -0.05) is 84.7 Å². The van der Waals surface area contributed by atoms with Gasteiger partial charge in [-0.05, 0) is 24.3 Å². The fraction of sp³-hybridized carbons (Fsp3) is 0.379. The van der Waals surface area contributed by atoms with E-state index in [1.54, 1.807) is 0 Å². The molecular weight excluding hydrogens is 526 g/mol. The van der Waals surface area contributed by atoms with Crippen molar-refractivity contribution in [2.45, 2.75) is 73.6 Å². The van der Waals surface area contributed by atoms with E-state index in [-0.39, 0.29) is 72.8 Å². The number of hydrogen-bond acceptors (Lipinski definition) is 0. The Morgan fingerprint density at radius 1 is 0.613 bits per heavy atom. The molecule has 0 saturated carbocycles. The first-order valence-corrected chi connectivity index (χ1v) is 10.3. The Hall–Kier alpha value is -0.132. The quantitative estimate of drug-likeness (QED) is 0.278. The van der Waals surface area contributed by atoms with Gasteiger partial charge in [0.15, 0.2) is 0 Å². The second-order valence-electron chi connectivity index (χ2n) is 8.03. The molecule has 0 fully saturated rings. The Kier molecular flexibility index (Phi) is 23.4. The van der Waals surface area contributed by atoms with Crippen molar-refractivity contribution in [3.63, 3.8) is 0 Å². The monoisotopic (exact) mass is 566 g/mol. The van der Waals surface area contributed by atoms with E-state index in [0.717, 1.165) is 0 Å². The summed E-state index contributed by atoms with van der Waals surface area (Å²) in [6.07, 6.45) is 0. The van der Waals surface area contributed by atoms with Crippen LogP contribution in [0.15, 0.2) is 72.8 Å². The average Bonchev–Trinajstić information content (AvgIpc) is 2.70. The summed E-state index contributed by atoms with van der Waals surface area (Å²) in [5, 5.41) is 0. The van der Waals surface area contributed by atoms with Crippen molar-refractivity contribution in [1.82, 2.24) is 0 Å². The molecule has 3 aromatic carbocycles. The van der Waals surface area contributed by atoms with Crippen LogP contribution in [-0.2, 0) is 65.4 Å². The van der Waals surface area contributed by atoms with Crippen LogP contribution in [0.1, 0.15) is 89.0 Å². The predicted octanol–water partition coefficient (Wildman–Crippen LogP) is 8.97. The molecule has 3 rings (SSSR count). The van der Waals surface area contributed by atoms with Gasteiger partial charge in [-0.15, -0.1) is 0 Å². The van der Waals surface area contributed by atoms with Gasteiger partial charge in [0.1, 0.15) is 0 Å². The summed E-state index contributed by atoms with van der Waals surface area (Å²) in [5.41, 5.74) is 5.41. The number of hydrogen-bond donors (Lipinski definition) is 0. The molecule has 0 unspecified atom stereocenters. The van der Waals surface area contributed by atoms with Gasteiger partial charge >= 0.3 is 0 Å². The summed E-state index contributed by atoms with van der Waals surface area (Å²) >= 11 is 0. The van der Waals surface area contributed by atoms with Crippen LogP contribution in [0.25, 0.3) is 0 Å². The Morgan fingerprint density at radius 3 is 1.52 bits per heavy atom. The van der Waals surface area contributed by atoms with E-state index in [1.165, 1.54) is 22.3 Å². The van der Waals surface area contributed by atoms with Crippen molar-refractivity contribution in [2.75, 3.05) is 0 Å². The van der Waals surface area contributed by atoms with E-state index in [9.17, 15) is 0 Å². The molecule has 0 aliphatic rings. The molecule has 0 heterocycles. The molecule has 0 amide bonds. The fourth-order valence-electron chi connectivity index (χ4n) is 2.48. The third kappa shape index (κ3) is 16.2. The molecule has 2 heteroatoms. The third-order valence-electron chi connectivity index (χ3n) is 4.50. The van der Waals surface area contributed by atoms with E-state index in [0.29, 0.717) is 17.8 Å². The van der Waals surface area contributed by atoms with Gasteiger partial charge in [-0.3, -0.25) is 0 Å².